The van der Waals surface area contributed by atoms with Crippen molar-refractivity contribution in [3.05, 3.63) is 107 Å². The van der Waals surface area contributed by atoms with Crippen LogP contribution in [0.4, 0.5) is 0 Å². The molecule has 4 aromatic rings. The molecular weight excluding hydrogens is 416 g/mol. The van der Waals surface area contributed by atoms with E-state index in [-0.39, 0.29) is 5.70 Å². The highest BCUT2D eigenvalue weighted by Gasteiger charge is 2.25. The molecule has 0 spiro atoms. The third-order valence-electron chi connectivity index (χ3n) is 5.18. The Labute approximate surface area is 190 Å². The van der Waals surface area contributed by atoms with E-state index in [4.69, 9.17) is 9.72 Å². The number of fused-ring (bicyclic) bond motifs is 1. The minimum Gasteiger partial charge on any atom is -0.402 e. The van der Waals surface area contributed by atoms with Gasteiger partial charge in [-0.15, -0.1) is 0 Å². The van der Waals surface area contributed by atoms with E-state index in [1.165, 1.54) is 0 Å². The highest BCUT2D eigenvalue weighted by molar-refractivity contribution is 7.99. The molecule has 0 N–H and O–H groups in total. The van der Waals surface area contributed by atoms with Crippen LogP contribution in [-0.4, -0.2) is 16.9 Å². The fourth-order valence-corrected chi connectivity index (χ4v) is 4.48. The Kier molecular flexibility index (Phi) is 5.33. The quantitative estimate of drug-likeness (QED) is 0.276. The van der Waals surface area contributed by atoms with E-state index < -0.39 is 5.97 Å². The van der Waals surface area contributed by atoms with Gasteiger partial charge in [-0.25, -0.2) is 14.8 Å². The molecule has 1 aliphatic rings. The number of aliphatic imine (C=N–C) groups is 1. The molecule has 0 fully saturated rings. The summed E-state index contributed by atoms with van der Waals surface area (Å²) in [5.41, 5.74) is 5.02. The number of rotatable bonds is 4. The summed E-state index contributed by atoms with van der Waals surface area (Å²) in [5, 5.41) is 1.83. The molecule has 0 aliphatic carbocycles. The van der Waals surface area contributed by atoms with Crippen LogP contribution in [0.25, 0.3) is 17.0 Å². The second-order valence-corrected chi connectivity index (χ2v) is 8.71. The molecule has 0 saturated carbocycles. The first kappa shape index (κ1) is 20.2. The standard InChI is InChI=1S/C27H20N2O2S/c1-17-8-6-11-20(14-17)25-28-23(27(30)31-25)16-21-15-19-10-7-9-18(2)24(19)29-26(21)32-22-12-4-3-5-13-22/h3-16H,1-2H3/b23-16+. The zero-order chi connectivity index (χ0) is 22.1. The molecule has 0 unspecified atom stereocenters. The summed E-state index contributed by atoms with van der Waals surface area (Å²) in [7, 11) is 0. The molecule has 0 bridgehead atoms. The number of para-hydroxylation sites is 1. The van der Waals surface area contributed by atoms with Gasteiger partial charge in [-0.1, -0.05) is 65.9 Å². The van der Waals surface area contributed by atoms with Gasteiger partial charge in [-0.3, -0.25) is 0 Å². The molecule has 0 saturated heterocycles. The van der Waals surface area contributed by atoms with Crippen molar-refractivity contribution < 1.29 is 9.53 Å². The molecular formula is C27H20N2O2S. The van der Waals surface area contributed by atoms with Gasteiger partial charge in [0.15, 0.2) is 5.70 Å². The van der Waals surface area contributed by atoms with E-state index in [0.29, 0.717) is 5.90 Å². The van der Waals surface area contributed by atoms with Gasteiger partial charge in [0.25, 0.3) is 0 Å². The SMILES string of the molecule is Cc1cccc(C2=N/C(=C/c3cc4cccc(C)c4nc3Sc3ccccc3)C(=O)O2)c1. The fraction of sp³-hybridized carbons (Fsp3) is 0.0741. The predicted molar refractivity (Wildman–Crippen MR) is 129 cm³/mol. The van der Waals surface area contributed by atoms with Gasteiger partial charge in [0, 0.05) is 21.4 Å². The van der Waals surface area contributed by atoms with Crippen LogP contribution in [0, 0.1) is 13.8 Å². The second kappa shape index (κ2) is 8.44. The molecule has 2 heterocycles. The molecule has 5 rings (SSSR count). The molecule has 156 valence electrons. The Morgan fingerprint density at radius 2 is 1.72 bits per heavy atom. The first-order chi connectivity index (χ1) is 15.6. The van der Waals surface area contributed by atoms with Gasteiger partial charge in [0.2, 0.25) is 5.90 Å². The number of carbonyl (C=O) groups excluding carboxylic acids is 1. The molecule has 3 aromatic carbocycles. The van der Waals surface area contributed by atoms with Crippen molar-refractivity contribution >= 4 is 40.6 Å². The lowest BCUT2D eigenvalue weighted by molar-refractivity contribution is -0.129. The zero-order valence-electron chi connectivity index (χ0n) is 17.7. The monoisotopic (exact) mass is 436 g/mol. The smallest absolute Gasteiger partial charge is 0.363 e. The van der Waals surface area contributed by atoms with Gasteiger partial charge >= 0.3 is 5.97 Å². The lowest BCUT2D eigenvalue weighted by atomic mass is 10.1. The summed E-state index contributed by atoms with van der Waals surface area (Å²) in [5.74, 6) is -0.131. The van der Waals surface area contributed by atoms with Gasteiger partial charge in [0.05, 0.1) is 5.52 Å². The number of hydrogen-bond donors (Lipinski definition) is 0. The fourth-order valence-electron chi connectivity index (χ4n) is 3.59. The maximum Gasteiger partial charge on any atom is 0.363 e. The first-order valence-corrected chi connectivity index (χ1v) is 11.1. The number of aromatic nitrogens is 1. The minimum atomic E-state index is -0.457. The Morgan fingerprint density at radius 3 is 2.53 bits per heavy atom. The molecule has 1 aliphatic heterocycles. The molecule has 4 nitrogen and oxygen atoms in total. The number of nitrogens with zero attached hydrogens (tertiary/aromatic N) is 2. The van der Waals surface area contributed by atoms with Crippen molar-refractivity contribution in [3.8, 4) is 0 Å². The van der Waals surface area contributed by atoms with E-state index in [0.717, 1.165) is 43.1 Å². The largest absolute Gasteiger partial charge is 0.402 e. The number of pyridine rings is 1. The van der Waals surface area contributed by atoms with Crippen molar-refractivity contribution in [2.45, 2.75) is 23.8 Å². The van der Waals surface area contributed by atoms with Gasteiger partial charge in [0.1, 0.15) is 5.03 Å². The summed E-state index contributed by atoms with van der Waals surface area (Å²) < 4.78 is 5.47. The third kappa shape index (κ3) is 4.07. The van der Waals surface area contributed by atoms with Crippen LogP contribution in [0.3, 0.4) is 0 Å². The molecule has 0 radical (unpaired) electrons. The molecule has 1 aromatic heterocycles. The van der Waals surface area contributed by atoms with Crippen molar-refractivity contribution in [1.82, 2.24) is 4.98 Å². The second-order valence-electron chi connectivity index (χ2n) is 7.65. The van der Waals surface area contributed by atoms with Crippen LogP contribution >= 0.6 is 11.8 Å². The van der Waals surface area contributed by atoms with Gasteiger partial charge in [-0.2, -0.15) is 0 Å². The Bertz CT molecular complexity index is 1410. The number of hydrogen-bond acceptors (Lipinski definition) is 5. The zero-order valence-corrected chi connectivity index (χ0v) is 18.5. The first-order valence-electron chi connectivity index (χ1n) is 10.3. The van der Waals surface area contributed by atoms with Crippen LogP contribution in [-0.2, 0) is 9.53 Å². The predicted octanol–water partition coefficient (Wildman–Crippen LogP) is 6.35. The van der Waals surface area contributed by atoms with Crippen LogP contribution in [0.5, 0.6) is 0 Å². The van der Waals surface area contributed by atoms with Gasteiger partial charge < -0.3 is 4.74 Å². The topological polar surface area (TPSA) is 51.5 Å². The third-order valence-corrected chi connectivity index (χ3v) is 6.20. The average Bonchev–Trinajstić information content (AvgIpc) is 3.16. The summed E-state index contributed by atoms with van der Waals surface area (Å²) in [4.78, 5) is 23.1. The maximum absolute atomic E-state index is 12.6. The Morgan fingerprint density at radius 1 is 0.906 bits per heavy atom. The number of ether oxygens (including phenoxy) is 1. The number of benzene rings is 3. The average molecular weight is 437 g/mol. The number of carbonyl (C=O) groups is 1. The Hall–Kier alpha value is -3.70. The molecule has 5 heteroatoms. The van der Waals surface area contributed by atoms with E-state index in [2.05, 4.69) is 24.0 Å². The molecule has 0 amide bonds. The summed E-state index contributed by atoms with van der Waals surface area (Å²) in [6, 6.07) is 26.0. The number of cyclic esters (lactones) is 1. The van der Waals surface area contributed by atoms with Crippen LogP contribution in [0.2, 0.25) is 0 Å². The van der Waals surface area contributed by atoms with Crippen molar-refractivity contribution in [1.29, 1.82) is 0 Å². The van der Waals surface area contributed by atoms with Gasteiger partial charge in [-0.05, 0) is 55.8 Å². The van der Waals surface area contributed by atoms with Crippen molar-refractivity contribution in [2.75, 3.05) is 0 Å². The lowest BCUT2D eigenvalue weighted by Gasteiger charge is -2.09. The number of aryl methyl sites for hydroxylation is 2. The summed E-state index contributed by atoms with van der Waals surface area (Å²) >= 11 is 1.57. The molecule has 32 heavy (non-hydrogen) atoms. The maximum atomic E-state index is 12.6. The Balaban J connectivity index is 1.61. The van der Waals surface area contributed by atoms with E-state index in [9.17, 15) is 4.79 Å². The van der Waals surface area contributed by atoms with Crippen LogP contribution in [0.1, 0.15) is 22.3 Å². The highest BCUT2D eigenvalue weighted by Crippen LogP contribution is 2.33. The number of esters is 1. The summed E-state index contributed by atoms with van der Waals surface area (Å²) in [6.45, 7) is 4.05. The van der Waals surface area contributed by atoms with Crippen molar-refractivity contribution in [3.63, 3.8) is 0 Å². The van der Waals surface area contributed by atoms with Crippen molar-refractivity contribution in [2.24, 2.45) is 4.99 Å². The van der Waals surface area contributed by atoms with Crippen LogP contribution < -0.4 is 0 Å². The summed E-state index contributed by atoms with van der Waals surface area (Å²) in [6.07, 6.45) is 1.77. The minimum absolute atomic E-state index is 0.269. The van der Waals surface area contributed by atoms with E-state index >= 15 is 0 Å². The van der Waals surface area contributed by atoms with E-state index in [1.54, 1.807) is 17.8 Å². The molecule has 0 atom stereocenters. The lowest BCUT2D eigenvalue weighted by Crippen LogP contribution is -2.05. The van der Waals surface area contributed by atoms with E-state index in [1.807, 2.05) is 73.7 Å². The van der Waals surface area contributed by atoms with Crippen LogP contribution in [0.15, 0.2) is 99.5 Å². The highest BCUT2D eigenvalue weighted by atomic mass is 32.2. The normalized spacial score (nSPS) is 14.6.